The Balaban J connectivity index is 1.99. The second-order valence-electron chi connectivity index (χ2n) is 4.79. The Morgan fingerprint density at radius 1 is 1.50 bits per heavy atom. The summed E-state index contributed by atoms with van der Waals surface area (Å²) in [6.07, 6.45) is 5.01. The molecule has 4 heteroatoms. The van der Waals surface area contributed by atoms with Crippen molar-refractivity contribution >= 4 is 5.97 Å². The molecule has 1 aliphatic rings. The minimum absolute atomic E-state index is 0.289. The molecule has 2 heterocycles. The molecule has 0 radical (unpaired) electrons. The van der Waals surface area contributed by atoms with Crippen LogP contribution < -0.4 is 0 Å². The first kappa shape index (κ1) is 13.1. The first-order valence-electron chi connectivity index (χ1n) is 6.65. The van der Waals surface area contributed by atoms with Gasteiger partial charge in [0.1, 0.15) is 5.76 Å². The summed E-state index contributed by atoms with van der Waals surface area (Å²) in [5.41, 5.74) is 0. The lowest BCUT2D eigenvalue weighted by Gasteiger charge is -2.34. The lowest BCUT2D eigenvalue weighted by atomic mass is 10.00. The lowest BCUT2D eigenvalue weighted by molar-refractivity contribution is 0.0558. The molecule has 1 saturated heterocycles. The van der Waals surface area contributed by atoms with Crippen LogP contribution in [0.3, 0.4) is 0 Å². The molecule has 0 aromatic carbocycles. The molecular formula is C14H21NO3. The van der Waals surface area contributed by atoms with Crippen LogP contribution in [0.1, 0.15) is 48.9 Å². The number of carbonyl (C=O) groups is 1. The van der Waals surface area contributed by atoms with Gasteiger partial charge in [-0.15, -0.1) is 0 Å². The van der Waals surface area contributed by atoms with Crippen LogP contribution in [-0.4, -0.2) is 30.6 Å². The maximum absolute atomic E-state index is 11.3. The first-order valence-corrected chi connectivity index (χ1v) is 6.65. The van der Waals surface area contributed by atoms with E-state index in [4.69, 9.17) is 4.42 Å². The quantitative estimate of drug-likeness (QED) is 0.772. The van der Waals surface area contributed by atoms with E-state index < -0.39 is 5.97 Å². The van der Waals surface area contributed by atoms with Crippen molar-refractivity contribution in [3.8, 4) is 0 Å². The van der Waals surface area contributed by atoms with E-state index in [0.29, 0.717) is 6.04 Å². The lowest BCUT2D eigenvalue weighted by Crippen LogP contribution is -2.38. The van der Waals surface area contributed by atoms with Crippen LogP contribution in [0, 0.1) is 0 Å². The van der Waals surface area contributed by atoms with Gasteiger partial charge in [0, 0.05) is 6.04 Å². The number of carbonyl (C=O) groups excluding carboxylic acids is 1. The molecule has 2 rings (SSSR count). The van der Waals surface area contributed by atoms with Crippen molar-refractivity contribution in [2.24, 2.45) is 0 Å². The van der Waals surface area contributed by atoms with Gasteiger partial charge >= 0.3 is 5.97 Å². The van der Waals surface area contributed by atoms with E-state index in [1.165, 1.54) is 32.8 Å². The molecule has 0 aliphatic carbocycles. The summed E-state index contributed by atoms with van der Waals surface area (Å²) in [4.78, 5) is 13.8. The normalized spacial score (nSPS) is 20.9. The van der Waals surface area contributed by atoms with Crippen LogP contribution in [0.25, 0.3) is 0 Å². The molecule has 18 heavy (non-hydrogen) atoms. The number of furan rings is 1. The molecule has 100 valence electrons. The molecule has 1 aliphatic heterocycles. The van der Waals surface area contributed by atoms with Crippen LogP contribution in [0.4, 0.5) is 0 Å². The maximum atomic E-state index is 11.3. The molecule has 1 aromatic rings. The van der Waals surface area contributed by atoms with Gasteiger partial charge in [-0.05, 0) is 37.9 Å². The van der Waals surface area contributed by atoms with Gasteiger partial charge in [0.15, 0.2) is 0 Å². The smallest absolute Gasteiger partial charge is 0.373 e. The van der Waals surface area contributed by atoms with Crippen molar-refractivity contribution in [1.82, 2.24) is 4.90 Å². The highest BCUT2D eigenvalue weighted by atomic mass is 16.5. The molecule has 0 saturated carbocycles. The number of likely N-dealkylation sites (tertiary alicyclic amines) is 1. The highest BCUT2D eigenvalue weighted by Gasteiger charge is 2.22. The monoisotopic (exact) mass is 251 g/mol. The van der Waals surface area contributed by atoms with Crippen LogP contribution >= 0.6 is 0 Å². The number of nitrogens with zero attached hydrogens (tertiary/aromatic N) is 1. The van der Waals surface area contributed by atoms with E-state index in [-0.39, 0.29) is 5.76 Å². The van der Waals surface area contributed by atoms with E-state index in [1.54, 1.807) is 6.07 Å². The third-order valence-corrected chi connectivity index (χ3v) is 3.63. The van der Waals surface area contributed by atoms with Crippen molar-refractivity contribution in [2.75, 3.05) is 13.7 Å². The molecule has 1 atom stereocenters. The molecule has 0 N–H and O–H groups in total. The standard InChI is InChI=1S/C14H21NO3/c1-3-11-6-4-5-9-15(11)10-12-7-8-13(18-12)14(16)17-2/h7-8,11H,3-6,9-10H2,1-2H3. The van der Waals surface area contributed by atoms with Crippen molar-refractivity contribution in [2.45, 2.75) is 45.2 Å². The Morgan fingerprint density at radius 3 is 3.06 bits per heavy atom. The SMILES string of the molecule is CCC1CCCCN1Cc1ccc(C(=O)OC)o1. The Morgan fingerprint density at radius 2 is 2.33 bits per heavy atom. The summed E-state index contributed by atoms with van der Waals surface area (Å²) >= 11 is 0. The fourth-order valence-electron chi connectivity index (χ4n) is 2.60. The molecule has 1 unspecified atom stereocenters. The van der Waals surface area contributed by atoms with Crippen molar-refractivity contribution in [3.63, 3.8) is 0 Å². The Bertz CT molecular complexity index is 399. The van der Waals surface area contributed by atoms with Crippen LogP contribution in [0.15, 0.2) is 16.5 Å². The second kappa shape index (κ2) is 6.05. The zero-order valence-corrected chi connectivity index (χ0v) is 11.1. The van der Waals surface area contributed by atoms with Gasteiger partial charge in [0.25, 0.3) is 0 Å². The van der Waals surface area contributed by atoms with Crippen LogP contribution in [0.2, 0.25) is 0 Å². The van der Waals surface area contributed by atoms with E-state index in [2.05, 4.69) is 16.6 Å². The zero-order valence-electron chi connectivity index (χ0n) is 11.1. The van der Waals surface area contributed by atoms with Gasteiger partial charge in [0.05, 0.1) is 13.7 Å². The van der Waals surface area contributed by atoms with Crippen LogP contribution in [0.5, 0.6) is 0 Å². The first-order chi connectivity index (χ1) is 8.74. The summed E-state index contributed by atoms with van der Waals surface area (Å²) in [7, 11) is 1.36. The van der Waals surface area contributed by atoms with Crippen molar-refractivity contribution in [3.05, 3.63) is 23.7 Å². The topological polar surface area (TPSA) is 42.7 Å². The molecule has 0 amide bonds. The van der Waals surface area contributed by atoms with E-state index >= 15 is 0 Å². The average molecular weight is 251 g/mol. The molecule has 1 fully saturated rings. The van der Waals surface area contributed by atoms with Crippen molar-refractivity contribution in [1.29, 1.82) is 0 Å². The number of piperidine rings is 1. The average Bonchev–Trinajstić information content (AvgIpc) is 2.87. The van der Waals surface area contributed by atoms with E-state index in [9.17, 15) is 4.79 Å². The number of rotatable bonds is 4. The summed E-state index contributed by atoms with van der Waals surface area (Å²) in [6, 6.07) is 4.20. The largest absolute Gasteiger partial charge is 0.463 e. The number of hydrogen-bond donors (Lipinski definition) is 0. The summed E-state index contributed by atoms with van der Waals surface area (Å²) < 4.78 is 10.2. The number of methoxy groups -OCH3 is 1. The fourth-order valence-corrected chi connectivity index (χ4v) is 2.60. The summed E-state index contributed by atoms with van der Waals surface area (Å²) in [6.45, 7) is 4.13. The Labute approximate surface area is 108 Å². The number of esters is 1. The third-order valence-electron chi connectivity index (χ3n) is 3.63. The van der Waals surface area contributed by atoms with Gasteiger partial charge in [-0.1, -0.05) is 13.3 Å². The predicted octanol–water partition coefficient (Wildman–Crippen LogP) is 2.83. The predicted molar refractivity (Wildman–Crippen MR) is 68.4 cm³/mol. The number of ether oxygens (including phenoxy) is 1. The van der Waals surface area contributed by atoms with Gasteiger partial charge in [0.2, 0.25) is 5.76 Å². The van der Waals surface area contributed by atoms with Gasteiger partial charge in [-0.25, -0.2) is 4.79 Å². The third kappa shape index (κ3) is 2.93. The summed E-state index contributed by atoms with van der Waals surface area (Å²) in [5.74, 6) is 0.722. The van der Waals surface area contributed by atoms with Crippen molar-refractivity contribution < 1.29 is 13.9 Å². The Kier molecular flexibility index (Phi) is 4.42. The van der Waals surface area contributed by atoms with Gasteiger partial charge < -0.3 is 9.15 Å². The van der Waals surface area contributed by atoms with E-state index in [0.717, 1.165) is 18.8 Å². The molecule has 0 bridgehead atoms. The minimum atomic E-state index is -0.410. The van der Waals surface area contributed by atoms with Gasteiger partial charge in [-0.3, -0.25) is 4.90 Å². The minimum Gasteiger partial charge on any atom is -0.463 e. The van der Waals surface area contributed by atoms with Crippen LogP contribution in [-0.2, 0) is 11.3 Å². The zero-order chi connectivity index (χ0) is 13.0. The van der Waals surface area contributed by atoms with E-state index in [1.807, 2.05) is 6.07 Å². The highest BCUT2D eigenvalue weighted by molar-refractivity contribution is 5.86. The molecule has 0 spiro atoms. The highest BCUT2D eigenvalue weighted by Crippen LogP contribution is 2.22. The summed E-state index contributed by atoms with van der Waals surface area (Å²) in [5, 5.41) is 0. The number of hydrogen-bond acceptors (Lipinski definition) is 4. The molecule has 1 aromatic heterocycles. The second-order valence-corrected chi connectivity index (χ2v) is 4.79. The van der Waals surface area contributed by atoms with Gasteiger partial charge in [-0.2, -0.15) is 0 Å². The Hall–Kier alpha value is -1.29. The molecular weight excluding hydrogens is 230 g/mol. The fraction of sp³-hybridized carbons (Fsp3) is 0.643. The molecule has 4 nitrogen and oxygen atoms in total. The maximum Gasteiger partial charge on any atom is 0.373 e.